The third kappa shape index (κ3) is 2.25. The topological polar surface area (TPSA) is 12.5 Å². The van der Waals surface area contributed by atoms with E-state index in [2.05, 4.69) is 20.8 Å². The molecule has 3 heteroatoms. The molecule has 0 unspecified atom stereocenters. The molecule has 13 heavy (non-hydrogen) atoms. The van der Waals surface area contributed by atoms with Crippen LogP contribution in [-0.4, -0.2) is 43.1 Å². The molecule has 2 fully saturated rings. The van der Waals surface area contributed by atoms with Crippen LogP contribution in [0.1, 0.15) is 19.3 Å². The van der Waals surface area contributed by atoms with Gasteiger partial charge in [0.15, 0.2) is 0 Å². The van der Waals surface area contributed by atoms with E-state index in [0.717, 1.165) is 18.5 Å². The lowest BCUT2D eigenvalue weighted by Crippen LogP contribution is -2.33. The highest BCUT2D eigenvalue weighted by Gasteiger charge is 2.38. The van der Waals surface area contributed by atoms with Gasteiger partial charge < -0.3 is 9.64 Å². The lowest BCUT2D eigenvalue weighted by atomic mass is 9.80. The number of rotatable bonds is 2. The second-order valence-electron chi connectivity index (χ2n) is 4.33. The summed E-state index contributed by atoms with van der Waals surface area (Å²) in [5.41, 5.74) is 0.625. The van der Waals surface area contributed by atoms with Crippen molar-refractivity contribution in [2.75, 3.05) is 38.2 Å². The van der Waals surface area contributed by atoms with Gasteiger partial charge in [0.25, 0.3) is 0 Å². The zero-order valence-corrected chi connectivity index (χ0v) is 9.68. The van der Waals surface area contributed by atoms with Crippen LogP contribution in [0.4, 0.5) is 0 Å². The number of halogens is 1. The van der Waals surface area contributed by atoms with Crippen molar-refractivity contribution in [3.8, 4) is 0 Å². The van der Waals surface area contributed by atoms with Crippen LogP contribution < -0.4 is 0 Å². The standard InChI is InChI=1S/C10H18BrNO/c11-4-6-12-5-1-10(9-12)2-7-13-8-3-10/h1-9H2. The van der Waals surface area contributed by atoms with Crippen molar-refractivity contribution in [2.45, 2.75) is 19.3 Å². The number of hydrogen-bond acceptors (Lipinski definition) is 2. The van der Waals surface area contributed by atoms with E-state index in [-0.39, 0.29) is 0 Å². The van der Waals surface area contributed by atoms with Crippen LogP contribution in [0.2, 0.25) is 0 Å². The summed E-state index contributed by atoms with van der Waals surface area (Å²) in [6.07, 6.45) is 3.96. The number of nitrogens with zero attached hydrogens (tertiary/aromatic N) is 1. The van der Waals surface area contributed by atoms with Gasteiger partial charge in [-0.3, -0.25) is 0 Å². The van der Waals surface area contributed by atoms with E-state index in [1.165, 1.54) is 38.9 Å². The van der Waals surface area contributed by atoms with Gasteiger partial charge in [-0.1, -0.05) is 15.9 Å². The fourth-order valence-electron chi connectivity index (χ4n) is 2.55. The fourth-order valence-corrected chi connectivity index (χ4v) is 3.05. The van der Waals surface area contributed by atoms with E-state index in [1.807, 2.05) is 0 Å². The summed E-state index contributed by atoms with van der Waals surface area (Å²) in [5.74, 6) is 0. The Hall–Kier alpha value is 0.400. The van der Waals surface area contributed by atoms with Crippen LogP contribution in [-0.2, 0) is 4.74 Å². The van der Waals surface area contributed by atoms with Gasteiger partial charge in [-0.25, -0.2) is 0 Å². The summed E-state index contributed by atoms with van der Waals surface area (Å²) in [5, 5.41) is 1.11. The minimum Gasteiger partial charge on any atom is -0.381 e. The van der Waals surface area contributed by atoms with E-state index >= 15 is 0 Å². The second-order valence-corrected chi connectivity index (χ2v) is 5.12. The molecule has 0 aromatic heterocycles. The monoisotopic (exact) mass is 247 g/mol. The Morgan fingerprint density at radius 1 is 1.23 bits per heavy atom. The normalized spacial score (nSPS) is 28.4. The molecule has 2 saturated heterocycles. The molecule has 1 spiro atoms. The lowest BCUT2D eigenvalue weighted by Gasteiger charge is -2.33. The number of alkyl halides is 1. The predicted molar refractivity (Wildman–Crippen MR) is 57.3 cm³/mol. The molecule has 0 atom stereocenters. The van der Waals surface area contributed by atoms with Crippen molar-refractivity contribution in [1.29, 1.82) is 0 Å². The molecule has 0 aliphatic carbocycles. The lowest BCUT2D eigenvalue weighted by molar-refractivity contribution is 0.0197. The molecule has 0 aromatic carbocycles. The van der Waals surface area contributed by atoms with Crippen molar-refractivity contribution in [1.82, 2.24) is 4.90 Å². The highest BCUT2D eigenvalue weighted by molar-refractivity contribution is 9.09. The molecule has 0 radical (unpaired) electrons. The van der Waals surface area contributed by atoms with E-state index in [1.54, 1.807) is 0 Å². The summed E-state index contributed by atoms with van der Waals surface area (Å²) in [6.45, 7) is 5.79. The van der Waals surface area contributed by atoms with Gasteiger partial charge in [-0.05, 0) is 31.2 Å². The highest BCUT2D eigenvalue weighted by Crippen LogP contribution is 2.39. The first-order chi connectivity index (χ1) is 6.35. The van der Waals surface area contributed by atoms with Gasteiger partial charge in [0.2, 0.25) is 0 Å². The van der Waals surface area contributed by atoms with Crippen LogP contribution in [0, 0.1) is 5.41 Å². The van der Waals surface area contributed by atoms with Crippen LogP contribution in [0.15, 0.2) is 0 Å². The SMILES string of the molecule is BrCCN1CCC2(CCOCC2)C1. The quantitative estimate of drug-likeness (QED) is 0.692. The molecule has 0 bridgehead atoms. The molecule has 76 valence electrons. The summed E-state index contributed by atoms with van der Waals surface area (Å²) in [4.78, 5) is 2.58. The van der Waals surface area contributed by atoms with Crippen LogP contribution >= 0.6 is 15.9 Å². The first-order valence-corrected chi connectivity index (χ1v) is 6.33. The maximum Gasteiger partial charge on any atom is 0.0471 e. The Bertz CT molecular complexity index is 168. The Morgan fingerprint density at radius 2 is 2.00 bits per heavy atom. The molecule has 2 nitrogen and oxygen atoms in total. The summed E-state index contributed by atoms with van der Waals surface area (Å²) in [7, 11) is 0. The van der Waals surface area contributed by atoms with Crippen molar-refractivity contribution in [2.24, 2.45) is 5.41 Å². The van der Waals surface area contributed by atoms with Crippen molar-refractivity contribution in [3.05, 3.63) is 0 Å². The maximum absolute atomic E-state index is 5.42. The number of hydrogen-bond donors (Lipinski definition) is 0. The molecular formula is C10H18BrNO. The summed E-state index contributed by atoms with van der Waals surface area (Å²) < 4.78 is 5.42. The smallest absolute Gasteiger partial charge is 0.0471 e. The van der Waals surface area contributed by atoms with Crippen LogP contribution in [0.25, 0.3) is 0 Å². The Kier molecular flexibility index (Phi) is 3.27. The minimum atomic E-state index is 0.625. The van der Waals surface area contributed by atoms with Crippen LogP contribution in [0.5, 0.6) is 0 Å². The Morgan fingerprint density at radius 3 is 2.69 bits per heavy atom. The van der Waals surface area contributed by atoms with Gasteiger partial charge in [0.1, 0.15) is 0 Å². The molecule has 0 amide bonds. The predicted octanol–water partition coefficient (Wildman–Crippen LogP) is 1.88. The number of ether oxygens (including phenoxy) is 1. The van der Waals surface area contributed by atoms with Gasteiger partial charge in [-0.15, -0.1) is 0 Å². The molecule has 0 N–H and O–H groups in total. The van der Waals surface area contributed by atoms with Crippen molar-refractivity contribution >= 4 is 15.9 Å². The average molecular weight is 248 g/mol. The van der Waals surface area contributed by atoms with Crippen molar-refractivity contribution < 1.29 is 4.74 Å². The molecular weight excluding hydrogens is 230 g/mol. The van der Waals surface area contributed by atoms with E-state index in [4.69, 9.17) is 4.74 Å². The maximum atomic E-state index is 5.42. The molecule has 2 heterocycles. The highest BCUT2D eigenvalue weighted by atomic mass is 79.9. The second kappa shape index (κ2) is 4.28. The van der Waals surface area contributed by atoms with Gasteiger partial charge >= 0.3 is 0 Å². The number of likely N-dealkylation sites (tertiary alicyclic amines) is 1. The summed E-state index contributed by atoms with van der Waals surface area (Å²) in [6, 6.07) is 0. The molecule has 0 saturated carbocycles. The van der Waals surface area contributed by atoms with Gasteiger partial charge in [0.05, 0.1) is 0 Å². The Balaban J connectivity index is 1.87. The third-order valence-corrected chi connectivity index (χ3v) is 3.83. The molecule has 2 aliphatic rings. The molecule has 2 rings (SSSR count). The summed E-state index contributed by atoms with van der Waals surface area (Å²) >= 11 is 3.51. The Labute approximate surface area is 88.8 Å². The minimum absolute atomic E-state index is 0.625. The van der Waals surface area contributed by atoms with E-state index in [0.29, 0.717) is 5.41 Å². The molecule has 2 aliphatic heterocycles. The van der Waals surface area contributed by atoms with E-state index < -0.39 is 0 Å². The first-order valence-electron chi connectivity index (χ1n) is 5.21. The van der Waals surface area contributed by atoms with Gasteiger partial charge in [-0.2, -0.15) is 0 Å². The average Bonchev–Trinajstić information content (AvgIpc) is 2.51. The largest absolute Gasteiger partial charge is 0.381 e. The third-order valence-electron chi connectivity index (χ3n) is 3.47. The van der Waals surface area contributed by atoms with Gasteiger partial charge in [0, 0.05) is 31.6 Å². The van der Waals surface area contributed by atoms with E-state index in [9.17, 15) is 0 Å². The van der Waals surface area contributed by atoms with Crippen molar-refractivity contribution in [3.63, 3.8) is 0 Å². The molecule has 0 aromatic rings. The fraction of sp³-hybridized carbons (Fsp3) is 1.00. The zero-order chi connectivity index (χ0) is 9.15. The van der Waals surface area contributed by atoms with Crippen LogP contribution in [0.3, 0.4) is 0 Å². The zero-order valence-electron chi connectivity index (χ0n) is 8.10. The first kappa shape index (κ1) is 9.94.